The highest BCUT2D eigenvalue weighted by molar-refractivity contribution is 5.94. The van der Waals surface area contributed by atoms with Gasteiger partial charge in [-0.3, -0.25) is 9.59 Å². The molecule has 3 N–H and O–H groups in total. The zero-order chi connectivity index (χ0) is 15.1. The molecule has 0 bridgehead atoms. The Morgan fingerprint density at radius 1 is 1.30 bits per heavy atom. The molecule has 2 amide bonds. The lowest BCUT2D eigenvalue weighted by atomic mass is 10.1. The number of nitrogens with one attached hydrogen (secondary N) is 1. The van der Waals surface area contributed by atoms with E-state index in [1.165, 1.54) is 7.11 Å². The van der Waals surface area contributed by atoms with E-state index in [4.69, 9.17) is 15.2 Å². The van der Waals surface area contributed by atoms with Crippen LogP contribution in [0.15, 0.2) is 18.2 Å². The van der Waals surface area contributed by atoms with E-state index >= 15 is 0 Å². The van der Waals surface area contributed by atoms with Gasteiger partial charge in [-0.2, -0.15) is 0 Å². The summed E-state index contributed by atoms with van der Waals surface area (Å²) in [6.45, 7) is 1.02. The zero-order valence-electron chi connectivity index (χ0n) is 11.3. The van der Waals surface area contributed by atoms with E-state index in [1.807, 2.05) is 6.92 Å². The molecule has 1 aromatic carbocycles. The van der Waals surface area contributed by atoms with Crippen molar-refractivity contribution in [1.29, 1.82) is 0 Å². The first-order valence-corrected chi connectivity index (χ1v) is 5.80. The fourth-order valence-electron chi connectivity index (χ4n) is 1.43. The smallest absolute Gasteiger partial charge is 0.342 e. The van der Waals surface area contributed by atoms with Crippen LogP contribution in [0.1, 0.15) is 15.9 Å². The van der Waals surface area contributed by atoms with Gasteiger partial charge in [-0.05, 0) is 19.1 Å². The van der Waals surface area contributed by atoms with Gasteiger partial charge >= 0.3 is 5.97 Å². The first kappa shape index (κ1) is 15.5. The fourth-order valence-corrected chi connectivity index (χ4v) is 1.43. The fraction of sp³-hybridized carbons (Fsp3) is 0.308. The molecule has 0 aliphatic heterocycles. The maximum Gasteiger partial charge on any atom is 0.342 e. The number of aryl methyl sites for hydroxylation is 1. The summed E-state index contributed by atoms with van der Waals surface area (Å²) in [6, 6.07) is 5.02. The van der Waals surface area contributed by atoms with Crippen molar-refractivity contribution in [2.75, 3.05) is 20.3 Å². The molecule has 0 aromatic heterocycles. The van der Waals surface area contributed by atoms with Crippen LogP contribution in [0.4, 0.5) is 0 Å². The predicted molar refractivity (Wildman–Crippen MR) is 70.2 cm³/mol. The van der Waals surface area contributed by atoms with Crippen molar-refractivity contribution in [2.24, 2.45) is 5.73 Å². The number of amides is 2. The standard InChI is InChI=1S/C13H16N2O5/c1-8-3-4-10(19-2)9(5-8)13(18)20-7-12(17)15-6-11(14)16/h3-5H,6-7H2,1-2H3,(H2,14,16)(H,15,17). The molecule has 20 heavy (non-hydrogen) atoms. The van der Waals surface area contributed by atoms with Crippen molar-refractivity contribution in [3.63, 3.8) is 0 Å². The topological polar surface area (TPSA) is 108 Å². The lowest BCUT2D eigenvalue weighted by Gasteiger charge is -2.09. The first-order chi connectivity index (χ1) is 9.43. The Labute approximate surface area is 116 Å². The van der Waals surface area contributed by atoms with E-state index in [1.54, 1.807) is 18.2 Å². The maximum atomic E-state index is 11.8. The predicted octanol–water partition coefficient (Wildman–Crippen LogP) is -0.238. The lowest BCUT2D eigenvalue weighted by molar-refractivity contribution is -0.127. The number of esters is 1. The molecule has 0 radical (unpaired) electrons. The molecule has 0 atom stereocenters. The molecule has 7 nitrogen and oxygen atoms in total. The minimum Gasteiger partial charge on any atom is -0.496 e. The van der Waals surface area contributed by atoms with E-state index < -0.39 is 24.4 Å². The van der Waals surface area contributed by atoms with E-state index in [-0.39, 0.29) is 12.1 Å². The molecule has 0 aliphatic carbocycles. The van der Waals surface area contributed by atoms with Gasteiger partial charge in [-0.25, -0.2) is 4.79 Å². The number of hydrogen-bond donors (Lipinski definition) is 2. The van der Waals surface area contributed by atoms with E-state index in [0.29, 0.717) is 5.75 Å². The summed E-state index contributed by atoms with van der Waals surface area (Å²) in [4.78, 5) is 33.6. The van der Waals surface area contributed by atoms with Crippen molar-refractivity contribution in [3.05, 3.63) is 29.3 Å². The van der Waals surface area contributed by atoms with Gasteiger partial charge in [-0.1, -0.05) is 11.6 Å². The Morgan fingerprint density at radius 3 is 2.60 bits per heavy atom. The molecule has 0 saturated heterocycles. The van der Waals surface area contributed by atoms with Crippen molar-refractivity contribution >= 4 is 17.8 Å². The van der Waals surface area contributed by atoms with Gasteiger partial charge in [0.05, 0.1) is 13.7 Å². The minimum absolute atomic E-state index is 0.232. The van der Waals surface area contributed by atoms with Crippen LogP contribution in [0.3, 0.4) is 0 Å². The van der Waals surface area contributed by atoms with Crippen LogP contribution >= 0.6 is 0 Å². The molecule has 0 saturated carbocycles. The molecular weight excluding hydrogens is 264 g/mol. The molecule has 7 heteroatoms. The van der Waals surface area contributed by atoms with E-state index in [2.05, 4.69) is 5.32 Å². The summed E-state index contributed by atoms with van der Waals surface area (Å²) in [7, 11) is 1.43. The monoisotopic (exact) mass is 280 g/mol. The average molecular weight is 280 g/mol. The molecule has 0 fully saturated rings. The Kier molecular flexibility index (Phi) is 5.52. The second-order valence-corrected chi connectivity index (χ2v) is 4.02. The van der Waals surface area contributed by atoms with Crippen LogP contribution < -0.4 is 15.8 Å². The number of primary amides is 1. The number of nitrogens with two attached hydrogens (primary N) is 1. The number of hydrogen-bond acceptors (Lipinski definition) is 5. The van der Waals surface area contributed by atoms with Crippen molar-refractivity contribution in [1.82, 2.24) is 5.32 Å². The number of carbonyl (C=O) groups excluding carboxylic acids is 3. The van der Waals surface area contributed by atoms with Crippen molar-refractivity contribution < 1.29 is 23.9 Å². The Morgan fingerprint density at radius 2 is 2.00 bits per heavy atom. The van der Waals surface area contributed by atoms with Crippen LogP contribution in [0, 0.1) is 6.92 Å². The summed E-state index contributed by atoms with van der Waals surface area (Å²) in [5, 5.41) is 2.21. The van der Waals surface area contributed by atoms with E-state index in [0.717, 1.165) is 5.56 Å². The highest BCUT2D eigenvalue weighted by Crippen LogP contribution is 2.20. The molecule has 108 valence electrons. The van der Waals surface area contributed by atoms with Crippen LogP contribution in [0.5, 0.6) is 5.75 Å². The largest absolute Gasteiger partial charge is 0.496 e. The third-order valence-corrected chi connectivity index (χ3v) is 2.37. The SMILES string of the molecule is COc1ccc(C)cc1C(=O)OCC(=O)NCC(N)=O. The Balaban J connectivity index is 2.61. The Hall–Kier alpha value is -2.57. The molecule has 0 unspecified atom stereocenters. The van der Waals surface area contributed by atoms with Crippen molar-refractivity contribution in [3.8, 4) is 5.75 Å². The average Bonchev–Trinajstić information content (AvgIpc) is 2.42. The van der Waals surface area contributed by atoms with Crippen LogP contribution in [0.2, 0.25) is 0 Å². The summed E-state index contributed by atoms with van der Waals surface area (Å²) in [5.74, 6) is -1.60. The van der Waals surface area contributed by atoms with Gasteiger partial charge in [0.2, 0.25) is 5.91 Å². The quantitative estimate of drug-likeness (QED) is 0.699. The van der Waals surface area contributed by atoms with Gasteiger partial charge in [0.1, 0.15) is 11.3 Å². The van der Waals surface area contributed by atoms with Gasteiger partial charge in [0.15, 0.2) is 6.61 Å². The number of carbonyl (C=O) groups is 3. The van der Waals surface area contributed by atoms with Gasteiger partial charge in [-0.15, -0.1) is 0 Å². The molecule has 1 aromatic rings. The van der Waals surface area contributed by atoms with Crippen LogP contribution in [-0.4, -0.2) is 38.0 Å². The maximum absolute atomic E-state index is 11.8. The molecular formula is C13H16N2O5. The highest BCUT2D eigenvalue weighted by Gasteiger charge is 2.15. The summed E-state index contributed by atoms with van der Waals surface area (Å²) in [5.41, 5.74) is 5.95. The Bertz CT molecular complexity index is 527. The third-order valence-electron chi connectivity index (χ3n) is 2.37. The molecule has 0 heterocycles. The second-order valence-electron chi connectivity index (χ2n) is 4.02. The summed E-state index contributed by atoms with van der Waals surface area (Å²) >= 11 is 0. The normalized spacial score (nSPS) is 9.70. The third kappa shape index (κ3) is 4.60. The molecule has 0 aliphatic rings. The zero-order valence-corrected chi connectivity index (χ0v) is 11.3. The van der Waals surface area contributed by atoms with Crippen LogP contribution in [-0.2, 0) is 14.3 Å². The van der Waals surface area contributed by atoms with Gasteiger partial charge in [0, 0.05) is 0 Å². The molecule has 1 rings (SSSR count). The number of rotatable bonds is 6. The second kappa shape index (κ2) is 7.13. The minimum atomic E-state index is -0.681. The summed E-state index contributed by atoms with van der Waals surface area (Å²) in [6.07, 6.45) is 0. The highest BCUT2D eigenvalue weighted by atomic mass is 16.5. The number of methoxy groups -OCH3 is 1. The van der Waals surface area contributed by atoms with Gasteiger partial charge < -0.3 is 20.5 Å². The first-order valence-electron chi connectivity index (χ1n) is 5.80. The summed E-state index contributed by atoms with van der Waals surface area (Å²) < 4.78 is 9.88. The van der Waals surface area contributed by atoms with Crippen LogP contribution in [0.25, 0.3) is 0 Å². The molecule has 0 spiro atoms. The van der Waals surface area contributed by atoms with Gasteiger partial charge in [0.25, 0.3) is 5.91 Å². The van der Waals surface area contributed by atoms with Crippen molar-refractivity contribution in [2.45, 2.75) is 6.92 Å². The number of benzene rings is 1. The number of ether oxygens (including phenoxy) is 2. The van der Waals surface area contributed by atoms with E-state index in [9.17, 15) is 14.4 Å². The lowest BCUT2D eigenvalue weighted by Crippen LogP contribution is -2.36.